The zero-order chi connectivity index (χ0) is 12.0. The fourth-order valence-corrected chi connectivity index (χ4v) is 1.49. The number of aryl methyl sites for hydroxylation is 1. The predicted octanol–water partition coefficient (Wildman–Crippen LogP) is 0.655. The summed E-state index contributed by atoms with van der Waals surface area (Å²) < 4.78 is 1.76. The molecule has 90 valence electrons. The molecular weight excluding hydrogens is 204 g/mol. The monoisotopic (exact) mass is 224 g/mol. The number of nitrogens with zero attached hydrogens (tertiary/aromatic N) is 3. The molecule has 0 radical (unpaired) electrons. The molecule has 1 N–H and O–H groups in total. The van der Waals surface area contributed by atoms with Crippen LogP contribution >= 0.6 is 0 Å². The Balaban J connectivity index is 2.50. The Labute approximate surface area is 96.3 Å². The molecule has 0 spiro atoms. The summed E-state index contributed by atoms with van der Waals surface area (Å²) >= 11 is 0. The highest BCUT2D eigenvalue weighted by Crippen LogP contribution is 2.03. The summed E-state index contributed by atoms with van der Waals surface area (Å²) in [6.07, 6.45) is 1.88. The first-order valence-corrected chi connectivity index (χ1v) is 5.79. The van der Waals surface area contributed by atoms with Crippen LogP contribution in [0.4, 0.5) is 0 Å². The molecule has 1 aromatic rings. The lowest BCUT2D eigenvalue weighted by atomic mass is 10.0. The molecule has 0 fully saturated rings. The van der Waals surface area contributed by atoms with Crippen LogP contribution in [-0.4, -0.2) is 33.6 Å². The second-order valence-corrected chi connectivity index (χ2v) is 3.84. The van der Waals surface area contributed by atoms with E-state index in [9.17, 15) is 4.79 Å². The van der Waals surface area contributed by atoms with Gasteiger partial charge in [0.15, 0.2) is 0 Å². The molecular formula is C11H20N4O. The summed E-state index contributed by atoms with van der Waals surface area (Å²) in [5, 5.41) is 7.22. The molecule has 1 heterocycles. The van der Waals surface area contributed by atoms with E-state index in [2.05, 4.69) is 15.4 Å². The minimum Gasteiger partial charge on any atom is -0.316 e. The molecule has 0 saturated heterocycles. The first-order valence-electron chi connectivity index (χ1n) is 5.79. The zero-order valence-electron chi connectivity index (χ0n) is 10.2. The van der Waals surface area contributed by atoms with Crippen LogP contribution in [0, 0.1) is 5.92 Å². The lowest BCUT2D eigenvalue weighted by Gasteiger charge is -2.10. The number of aromatic nitrogens is 3. The van der Waals surface area contributed by atoms with Crippen molar-refractivity contribution in [3.8, 4) is 0 Å². The Kier molecular flexibility index (Phi) is 5.11. The van der Waals surface area contributed by atoms with Crippen molar-refractivity contribution < 1.29 is 4.79 Å². The number of carbonyl (C=O) groups is 1. The fourth-order valence-electron chi connectivity index (χ4n) is 1.49. The quantitative estimate of drug-likeness (QED) is 0.739. The molecule has 0 aliphatic heterocycles. The number of ketones is 1. The molecule has 1 aromatic heterocycles. The molecule has 0 aromatic carbocycles. The lowest BCUT2D eigenvalue weighted by Crippen LogP contribution is -2.28. The summed E-state index contributed by atoms with van der Waals surface area (Å²) in [6, 6.07) is 0. The highest BCUT2D eigenvalue weighted by Gasteiger charge is 2.15. The molecule has 5 heteroatoms. The molecule has 1 atom stereocenters. The standard InChI is InChI=1S/C11H20N4O/c1-4-12-7-9(3)10(16)6-11-13-8-14-15(11)5-2/h8-9,12H,4-7H2,1-3H3. The van der Waals surface area contributed by atoms with E-state index in [1.807, 2.05) is 20.8 Å². The third-order valence-electron chi connectivity index (χ3n) is 2.58. The molecule has 0 bridgehead atoms. The average molecular weight is 224 g/mol. The van der Waals surface area contributed by atoms with Crippen LogP contribution in [0.25, 0.3) is 0 Å². The fraction of sp³-hybridized carbons (Fsp3) is 0.727. The number of rotatable bonds is 7. The van der Waals surface area contributed by atoms with Gasteiger partial charge in [-0.05, 0) is 13.5 Å². The Morgan fingerprint density at radius 3 is 2.94 bits per heavy atom. The Morgan fingerprint density at radius 1 is 1.56 bits per heavy atom. The van der Waals surface area contributed by atoms with Gasteiger partial charge in [0.25, 0.3) is 0 Å². The molecule has 0 aliphatic carbocycles. The summed E-state index contributed by atoms with van der Waals surface area (Å²) in [5.74, 6) is 1.00. The number of hydrogen-bond donors (Lipinski definition) is 1. The van der Waals surface area contributed by atoms with E-state index in [0.717, 1.165) is 25.5 Å². The third-order valence-corrected chi connectivity index (χ3v) is 2.58. The number of nitrogens with one attached hydrogen (secondary N) is 1. The van der Waals surface area contributed by atoms with E-state index in [4.69, 9.17) is 0 Å². The van der Waals surface area contributed by atoms with Gasteiger partial charge in [-0.15, -0.1) is 0 Å². The van der Waals surface area contributed by atoms with Gasteiger partial charge in [-0.1, -0.05) is 13.8 Å². The van der Waals surface area contributed by atoms with E-state index in [-0.39, 0.29) is 11.7 Å². The van der Waals surface area contributed by atoms with Crippen LogP contribution in [0.1, 0.15) is 26.6 Å². The highest BCUT2D eigenvalue weighted by atomic mass is 16.1. The number of Topliss-reactive ketones (excluding diaryl/α,β-unsaturated/α-hetero) is 1. The SMILES string of the molecule is CCNCC(C)C(=O)Cc1ncnn1CC. The van der Waals surface area contributed by atoms with Crippen molar-refractivity contribution in [1.82, 2.24) is 20.1 Å². The smallest absolute Gasteiger partial charge is 0.144 e. The van der Waals surface area contributed by atoms with Gasteiger partial charge in [-0.2, -0.15) is 5.10 Å². The molecule has 0 aliphatic rings. The van der Waals surface area contributed by atoms with Crippen LogP contribution in [0.2, 0.25) is 0 Å². The van der Waals surface area contributed by atoms with E-state index >= 15 is 0 Å². The van der Waals surface area contributed by atoms with Crippen molar-refractivity contribution in [3.63, 3.8) is 0 Å². The maximum absolute atomic E-state index is 11.9. The average Bonchev–Trinajstić information content (AvgIpc) is 2.72. The summed E-state index contributed by atoms with van der Waals surface area (Å²) in [5.41, 5.74) is 0. The predicted molar refractivity (Wildman–Crippen MR) is 62.1 cm³/mol. The van der Waals surface area contributed by atoms with Gasteiger partial charge < -0.3 is 5.32 Å². The molecule has 1 unspecified atom stereocenters. The van der Waals surface area contributed by atoms with Crippen molar-refractivity contribution in [2.75, 3.05) is 13.1 Å². The van der Waals surface area contributed by atoms with E-state index in [0.29, 0.717) is 6.42 Å². The molecule has 0 amide bonds. The minimum atomic E-state index is 0.0296. The van der Waals surface area contributed by atoms with Gasteiger partial charge in [0, 0.05) is 19.0 Å². The van der Waals surface area contributed by atoms with E-state index < -0.39 is 0 Å². The number of hydrogen-bond acceptors (Lipinski definition) is 4. The van der Waals surface area contributed by atoms with Crippen molar-refractivity contribution in [1.29, 1.82) is 0 Å². The topological polar surface area (TPSA) is 59.8 Å². The van der Waals surface area contributed by atoms with Gasteiger partial charge in [-0.3, -0.25) is 4.79 Å². The Hall–Kier alpha value is -1.23. The largest absolute Gasteiger partial charge is 0.316 e. The Bertz CT molecular complexity index is 334. The maximum Gasteiger partial charge on any atom is 0.144 e. The molecule has 5 nitrogen and oxygen atoms in total. The van der Waals surface area contributed by atoms with Crippen LogP contribution in [-0.2, 0) is 17.8 Å². The first-order chi connectivity index (χ1) is 7.69. The first kappa shape index (κ1) is 12.8. The molecule has 1 rings (SSSR count). The van der Waals surface area contributed by atoms with E-state index in [1.54, 1.807) is 4.68 Å². The normalized spacial score (nSPS) is 12.7. The van der Waals surface area contributed by atoms with Crippen molar-refractivity contribution in [2.45, 2.75) is 33.7 Å². The van der Waals surface area contributed by atoms with E-state index in [1.165, 1.54) is 6.33 Å². The summed E-state index contributed by atoms with van der Waals surface area (Å²) in [6.45, 7) is 8.34. The van der Waals surface area contributed by atoms with Crippen LogP contribution in [0.3, 0.4) is 0 Å². The van der Waals surface area contributed by atoms with Gasteiger partial charge in [0.1, 0.15) is 17.9 Å². The minimum absolute atomic E-state index is 0.0296. The van der Waals surface area contributed by atoms with Gasteiger partial charge in [-0.25, -0.2) is 9.67 Å². The van der Waals surface area contributed by atoms with Crippen molar-refractivity contribution >= 4 is 5.78 Å². The molecule has 16 heavy (non-hydrogen) atoms. The van der Waals surface area contributed by atoms with Gasteiger partial charge in [0.2, 0.25) is 0 Å². The maximum atomic E-state index is 11.9. The number of carbonyl (C=O) groups excluding carboxylic acids is 1. The van der Waals surface area contributed by atoms with Gasteiger partial charge in [0.05, 0.1) is 6.42 Å². The lowest BCUT2D eigenvalue weighted by molar-refractivity contribution is -0.121. The van der Waals surface area contributed by atoms with Crippen LogP contribution in [0.5, 0.6) is 0 Å². The second kappa shape index (κ2) is 6.37. The van der Waals surface area contributed by atoms with Crippen LogP contribution in [0.15, 0.2) is 6.33 Å². The van der Waals surface area contributed by atoms with Crippen molar-refractivity contribution in [2.24, 2.45) is 5.92 Å². The van der Waals surface area contributed by atoms with Gasteiger partial charge >= 0.3 is 0 Å². The summed E-state index contributed by atoms with van der Waals surface area (Å²) in [4.78, 5) is 16.0. The van der Waals surface area contributed by atoms with Crippen LogP contribution < -0.4 is 5.32 Å². The second-order valence-electron chi connectivity index (χ2n) is 3.84. The molecule has 0 saturated carbocycles. The Morgan fingerprint density at radius 2 is 2.31 bits per heavy atom. The zero-order valence-corrected chi connectivity index (χ0v) is 10.2. The summed E-state index contributed by atoms with van der Waals surface area (Å²) in [7, 11) is 0. The highest BCUT2D eigenvalue weighted by molar-refractivity contribution is 5.82. The third kappa shape index (κ3) is 3.41. The van der Waals surface area contributed by atoms with Crippen molar-refractivity contribution in [3.05, 3.63) is 12.2 Å².